The molecule has 4 aromatic rings. The van der Waals surface area contributed by atoms with Gasteiger partial charge < -0.3 is 15.3 Å². The van der Waals surface area contributed by atoms with Crippen LogP contribution in [0.1, 0.15) is 11.1 Å². The number of para-hydroxylation sites is 1. The van der Waals surface area contributed by atoms with Crippen LogP contribution in [-0.4, -0.2) is 24.2 Å². The maximum atomic E-state index is 10.4. The monoisotopic (exact) mass is 448 g/mol. The summed E-state index contributed by atoms with van der Waals surface area (Å²) >= 11 is 0. The molecule has 1 aliphatic heterocycles. The lowest BCUT2D eigenvalue weighted by Crippen LogP contribution is -2.43. The Labute approximate surface area is 202 Å². The maximum absolute atomic E-state index is 10.4. The fraction of sp³-hybridized carbons (Fsp3) is 0.226. The van der Waals surface area contributed by atoms with Gasteiger partial charge in [-0.25, -0.2) is 0 Å². The molecule has 1 unspecified atom stereocenters. The Hall–Kier alpha value is -3.56. The largest absolute Gasteiger partial charge is 0.508 e. The van der Waals surface area contributed by atoms with Gasteiger partial charge in [0.25, 0.3) is 0 Å². The molecular weight excluding hydrogens is 416 g/mol. The Balaban J connectivity index is 1.57. The molecule has 34 heavy (non-hydrogen) atoms. The third-order valence-electron chi connectivity index (χ3n) is 6.99. The fourth-order valence-electron chi connectivity index (χ4n) is 5.40. The summed E-state index contributed by atoms with van der Waals surface area (Å²) in [5.74, 6) is 1.27. The van der Waals surface area contributed by atoms with Crippen molar-refractivity contribution in [1.29, 1.82) is 0 Å². The molecule has 0 amide bonds. The summed E-state index contributed by atoms with van der Waals surface area (Å²) in [4.78, 5) is 2.45. The van der Waals surface area contributed by atoms with Crippen molar-refractivity contribution in [2.24, 2.45) is 11.8 Å². The molecular formula is C31H32N2O. The van der Waals surface area contributed by atoms with E-state index >= 15 is 0 Å². The first kappa shape index (κ1) is 22.2. The highest BCUT2D eigenvalue weighted by Crippen LogP contribution is 2.37. The second-order valence-electron chi connectivity index (χ2n) is 9.25. The normalized spacial score (nSPS) is 18.5. The fourth-order valence-corrected chi connectivity index (χ4v) is 5.40. The van der Waals surface area contributed by atoms with Crippen molar-refractivity contribution in [3.8, 4) is 5.75 Å². The molecule has 0 aromatic heterocycles. The van der Waals surface area contributed by atoms with Crippen LogP contribution in [0.5, 0.6) is 5.75 Å². The van der Waals surface area contributed by atoms with Gasteiger partial charge in [-0.2, -0.15) is 0 Å². The Bertz CT molecular complexity index is 1160. The van der Waals surface area contributed by atoms with Gasteiger partial charge in [0, 0.05) is 30.0 Å². The van der Waals surface area contributed by atoms with Crippen LogP contribution in [0.25, 0.3) is 0 Å². The zero-order valence-electron chi connectivity index (χ0n) is 19.4. The van der Waals surface area contributed by atoms with Gasteiger partial charge in [-0.05, 0) is 66.6 Å². The second-order valence-corrected chi connectivity index (χ2v) is 9.25. The van der Waals surface area contributed by atoms with Crippen molar-refractivity contribution in [3.05, 3.63) is 126 Å². The van der Waals surface area contributed by atoms with Gasteiger partial charge >= 0.3 is 0 Å². The third kappa shape index (κ3) is 5.16. The Morgan fingerprint density at radius 2 is 1.32 bits per heavy atom. The van der Waals surface area contributed by atoms with Crippen LogP contribution in [0.2, 0.25) is 0 Å². The van der Waals surface area contributed by atoms with Gasteiger partial charge in [0.2, 0.25) is 0 Å². The van der Waals surface area contributed by atoms with Gasteiger partial charge in [-0.15, -0.1) is 0 Å². The van der Waals surface area contributed by atoms with E-state index < -0.39 is 0 Å². The molecule has 1 aliphatic rings. The van der Waals surface area contributed by atoms with Crippen LogP contribution in [-0.2, 0) is 12.8 Å². The van der Waals surface area contributed by atoms with E-state index in [9.17, 15) is 5.11 Å². The minimum Gasteiger partial charge on any atom is -0.508 e. The van der Waals surface area contributed by atoms with E-state index in [2.05, 4.69) is 107 Å². The molecule has 5 rings (SSSR count). The highest BCUT2D eigenvalue weighted by Gasteiger charge is 2.37. The van der Waals surface area contributed by atoms with Crippen LogP contribution in [0.15, 0.2) is 115 Å². The first-order valence-electron chi connectivity index (χ1n) is 12.2. The zero-order chi connectivity index (χ0) is 23.2. The Morgan fingerprint density at radius 3 is 2.00 bits per heavy atom. The molecule has 172 valence electrons. The van der Waals surface area contributed by atoms with Gasteiger partial charge in [0.1, 0.15) is 5.75 Å². The second kappa shape index (κ2) is 10.6. The van der Waals surface area contributed by atoms with Gasteiger partial charge in [-0.1, -0.05) is 84.9 Å². The molecule has 1 saturated heterocycles. The van der Waals surface area contributed by atoms with E-state index in [1.54, 1.807) is 6.07 Å². The van der Waals surface area contributed by atoms with Crippen LogP contribution in [0, 0.1) is 11.8 Å². The Morgan fingerprint density at radius 1 is 0.706 bits per heavy atom. The molecule has 0 aliphatic carbocycles. The molecule has 1 fully saturated rings. The molecule has 0 saturated carbocycles. The SMILES string of the molecule is Oc1cccc(N(c2ccccc2)C(Cc2ccccc2)[C@H]2CNC[C@@H]2Cc2ccccc2)c1. The number of rotatable bonds is 8. The Kier molecular flexibility index (Phi) is 6.92. The molecule has 0 radical (unpaired) electrons. The lowest BCUT2D eigenvalue weighted by Gasteiger charge is -2.40. The highest BCUT2D eigenvalue weighted by molar-refractivity contribution is 5.66. The summed E-state index contributed by atoms with van der Waals surface area (Å²) in [6.07, 6.45) is 2.00. The van der Waals surface area contributed by atoms with E-state index in [1.807, 2.05) is 12.1 Å². The van der Waals surface area contributed by atoms with Crippen LogP contribution in [0.3, 0.4) is 0 Å². The van der Waals surface area contributed by atoms with E-state index in [0.29, 0.717) is 17.6 Å². The number of aromatic hydroxyl groups is 1. The molecule has 0 spiro atoms. The first-order chi connectivity index (χ1) is 16.8. The summed E-state index contributed by atoms with van der Waals surface area (Å²) in [6, 6.07) is 40.2. The number of benzene rings is 4. The number of nitrogens with one attached hydrogen (secondary N) is 1. The van der Waals surface area contributed by atoms with Gasteiger partial charge in [0.15, 0.2) is 0 Å². The minimum atomic E-state index is 0.232. The van der Waals surface area contributed by atoms with Gasteiger partial charge in [0.05, 0.1) is 0 Å². The average Bonchev–Trinajstić information content (AvgIpc) is 3.33. The summed E-state index contributed by atoms with van der Waals surface area (Å²) in [7, 11) is 0. The quantitative estimate of drug-likeness (QED) is 0.336. The first-order valence-corrected chi connectivity index (χ1v) is 12.2. The highest BCUT2D eigenvalue weighted by atomic mass is 16.3. The van der Waals surface area contributed by atoms with Crippen LogP contribution in [0.4, 0.5) is 11.4 Å². The third-order valence-corrected chi connectivity index (χ3v) is 6.99. The molecule has 4 aromatic carbocycles. The van der Waals surface area contributed by atoms with E-state index in [1.165, 1.54) is 11.1 Å². The molecule has 1 heterocycles. The maximum Gasteiger partial charge on any atom is 0.117 e. The van der Waals surface area contributed by atoms with E-state index in [-0.39, 0.29) is 6.04 Å². The predicted octanol–water partition coefficient (Wildman–Crippen LogP) is 6.22. The average molecular weight is 449 g/mol. The summed E-state index contributed by atoms with van der Waals surface area (Å²) in [5.41, 5.74) is 4.90. The molecule has 2 N–H and O–H groups in total. The van der Waals surface area contributed by atoms with Crippen molar-refractivity contribution < 1.29 is 5.11 Å². The van der Waals surface area contributed by atoms with Crippen molar-refractivity contribution in [2.45, 2.75) is 18.9 Å². The number of anilines is 2. The van der Waals surface area contributed by atoms with E-state index in [0.717, 1.165) is 37.3 Å². The van der Waals surface area contributed by atoms with E-state index in [4.69, 9.17) is 0 Å². The number of hydrogen-bond acceptors (Lipinski definition) is 3. The van der Waals surface area contributed by atoms with Crippen molar-refractivity contribution >= 4 is 11.4 Å². The number of phenolic OH excluding ortho intramolecular Hbond substituents is 1. The molecule has 3 heteroatoms. The standard InChI is InChI=1S/C31H32N2O/c34-29-18-10-17-28(21-29)33(27-15-8-3-9-16-27)31(20-25-13-6-2-7-14-25)30-23-32-22-26(30)19-24-11-4-1-5-12-24/h1-18,21,26,30-32,34H,19-20,22-23H2/t26-,30-,31?/m0/s1. The van der Waals surface area contributed by atoms with Crippen molar-refractivity contribution in [2.75, 3.05) is 18.0 Å². The minimum absolute atomic E-state index is 0.232. The molecule has 3 nitrogen and oxygen atoms in total. The summed E-state index contributed by atoms with van der Waals surface area (Å²) < 4.78 is 0. The number of hydrogen-bond donors (Lipinski definition) is 2. The van der Waals surface area contributed by atoms with Crippen molar-refractivity contribution in [1.82, 2.24) is 5.32 Å². The molecule has 0 bridgehead atoms. The predicted molar refractivity (Wildman–Crippen MR) is 141 cm³/mol. The number of nitrogens with zero attached hydrogens (tertiary/aromatic N) is 1. The smallest absolute Gasteiger partial charge is 0.117 e. The number of phenols is 1. The zero-order valence-corrected chi connectivity index (χ0v) is 19.4. The lowest BCUT2D eigenvalue weighted by atomic mass is 9.81. The van der Waals surface area contributed by atoms with Crippen LogP contribution >= 0.6 is 0 Å². The summed E-state index contributed by atoms with van der Waals surface area (Å²) in [5, 5.41) is 14.1. The van der Waals surface area contributed by atoms with Crippen LogP contribution < -0.4 is 10.2 Å². The molecule has 3 atom stereocenters. The summed E-state index contributed by atoms with van der Waals surface area (Å²) in [6.45, 7) is 2.00. The van der Waals surface area contributed by atoms with Gasteiger partial charge in [-0.3, -0.25) is 0 Å². The lowest BCUT2D eigenvalue weighted by molar-refractivity contribution is 0.343. The topological polar surface area (TPSA) is 35.5 Å². The van der Waals surface area contributed by atoms with Crippen molar-refractivity contribution in [3.63, 3.8) is 0 Å².